The van der Waals surface area contributed by atoms with Crippen molar-refractivity contribution in [2.45, 2.75) is 4.91 Å². The number of hydrogen-bond donors (Lipinski definition) is 0. The molecule has 0 amide bonds. The zero-order valence-electron chi connectivity index (χ0n) is 21.4. The Kier molecular flexibility index (Phi) is 6.28. The Morgan fingerprint density at radius 1 is 0.700 bits per heavy atom. The number of allylic oxidation sites excluding steroid dienone is 2. The summed E-state index contributed by atoms with van der Waals surface area (Å²) in [7, 11) is 4.50. The average Bonchev–Trinajstić information content (AvgIpc) is 3.58. The third-order valence-electron chi connectivity index (χ3n) is 8.70. The first-order valence-electron chi connectivity index (χ1n) is 12.7. The summed E-state index contributed by atoms with van der Waals surface area (Å²) in [5.41, 5.74) is 5.99. The van der Waals surface area contributed by atoms with Crippen molar-refractivity contribution in [3.63, 3.8) is 0 Å². The van der Waals surface area contributed by atoms with Gasteiger partial charge in [0, 0.05) is 0 Å². The Bertz CT molecular complexity index is 2200. The van der Waals surface area contributed by atoms with Crippen molar-refractivity contribution >= 4 is 67.9 Å². The summed E-state index contributed by atoms with van der Waals surface area (Å²) in [6, 6.07) is 13.4. The second-order valence-electron chi connectivity index (χ2n) is 10.7. The van der Waals surface area contributed by atoms with Crippen LogP contribution in [0.5, 0.6) is 0 Å². The number of benzene rings is 2. The molecule has 1 saturated heterocycles. The van der Waals surface area contributed by atoms with Crippen molar-refractivity contribution in [3.05, 3.63) is 134 Å². The number of nitrogens with zero attached hydrogens (tertiary/aromatic N) is 2. The van der Waals surface area contributed by atoms with Crippen LogP contribution in [-0.4, -0.2) is 9.13 Å². The Morgan fingerprint density at radius 2 is 1.12 bits per heavy atom. The maximum Gasteiger partial charge on any atom is -1.00 e. The first-order chi connectivity index (χ1) is 18.4. The van der Waals surface area contributed by atoms with Gasteiger partial charge in [0.15, 0.2) is 0 Å². The van der Waals surface area contributed by atoms with Gasteiger partial charge in [-0.05, 0) is 0 Å². The van der Waals surface area contributed by atoms with Crippen molar-refractivity contribution in [3.8, 4) is 0 Å². The number of hydrogen-bond acceptors (Lipinski definition) is 1. The van der Waals surface area contributed by atoms with E-state index in [0.29, 0.717) is 0 Å². The van der Waals surface area contributed by atoms with E-state index in [9.17, 15) is 0 Å². The molecule has 5 aliphatic rings. The molecule has 2 aromatic heterocycles. The summed E-state index contributed by atoms with van der Waals surface area (Å²) >= 11 is 8.54. The fraction of sp³-hybridized carbons (Fsp3) is 0.125. The van der Waals surface area contributed by atoms with E-state index in [4.69, 9.17) is 0 Å². The molecule has 4 aliphatic carbocycles. The number of thioether (sulfide) groups is 1. The van der Waals surface area contributed by atoms with Crippen molar-refractivity contribution in [2.24, 2.45) is 14.1 Å². The quantitative estimate of drug-likeness (QED) is 0.179. The number of aromatic nitrogens is 2. The van der Waals surface area contributed by atoms with E-state index < -0.39 is 23.2 Å². The third kappa shape index (κ3) is 3.33. The van der Waals surface area contributed by atoms with Crippen LogP contribution < -0.4 is 45.9 Å². The largest absolute Gasteiger partial charge is 1.00 e. The van der Waals surface area contributed by atoms with Crippen molar-refractivity contribution in [2.75, 3.05) is 0 Å². The van der Waals surface area contributed by atoms with Crippen LogP contribution in [0.15, 0.2) is 69.6 Å². The molecule has 3 heterocycles. The van der Waals surface area contributed by atoms with Crippen LogP contribution in [0.1, 0.15) is 22.3 Å². The van der Waals surface area contributed by atoms with Gasteiger partial charge in [0.05, 0.1) is 0 Å². The van der Waals surface area contributed by atoms with E-state index in [1.807, 2.05) is 0 Å². The second-order valence-corrected chi connectivity index (χ2v) is 20.3. The monoisotopic (exact) mass is 782 g/mol. The molecule has 2 unspecified atom stereocenters. The van der Waals surface area contributed by atoms with Crippen LogP contribution in [-0.2, 0) is 42.2 Å². The summed E-state index contributed by atoms with van der Waals surface area (Å²) in [5, 5.41) is 10.9. The standard InChI is InChI=1S/C32H20Br2N2S.2ClH.Zr/c1-35-25-5-3-7-27(29(25)23-15-17-13-19(33)9-11-21(17)31(23)35)37-28-8-4-6-26-30(28)24-16-18-14-20(34)10-12-22(18)32(24)36(26)2;;;/h3-16H,1-2H3;2*1H;/q;;;+2/p-2. The molecule has 9 rings (SSSR count). The normalized spacial score (nSPS) is 22.3. The Balaban J connectivity index is 0.00000132. The minimum absolute atomic E-state index is 0. The minimum atomic E-state index is -1.04. The van der Waals surface area contributed by atoms with Gasteiger partial charge in [0.2, 0.25) is 0 Å². The molecule has 40 heavy (non-hydrogen) atoms. The molecular weight excluding hydrogens is 766 g/mol. The topological polar surface area (TPSA) is 9.86 Å². The summed E-state index contributed by atoms with van der Waals surface area (Å²) < 4.78 is 7.42. The van der Waals surface area contributed by atoms with Crippen LogP contribution in [0.25, 0.3) is 24.3 Å². The van der Waals surface area contributed by atoms with Gasteiger partial charge in [0.1, 0.15) is 0 Å². The zero-order valence-corrected chi connectivity index (χ0v) is 29.4. The molecule has 2 nitrogen and oxygen atoms in total. The first-order valence-corrected chi connectivity index (χ1v) is 17.6. The van der Waals surface area contributed by atoms with Crippen LogP contribution in [0.4, 0.5) is 0 Å². The predicted octanol–water partition coefficient (Wildman–Crippen LogP) is -1.71. The van der Waals surface area contributed by atoms with Crippen LogP contribution in [0, 0.1) is 21.1 Å². The van der Waals surface area contributed by atoms with Crippen molar-refractivity contribution < 1.29 is 48.0 Å². The Hall–Kier alpha value is -1.27. The van der Waals surface area contributed by atoms with Gasteiger partial charge in [-0.2, -0.15) is 0 Å². The summed E-state index contributed by atoms with van der Waals surface area (Å²) in [4.78, 5) is 0. The molecule has 0 saturated carbocycles. The maximum atomic E-state index is 3.69. The molecule has 0 bridgehead atoms. The molecule has 4 aromatic rings. The Labute approximate surface area is 275 Å². The fourth-order valence-corrected chi connectivity index (χ4v) is 17.2. The molecule has 0 radical (unpaired) electrons. The third-order valence-corrected chi connectivity index (χ3v) is 17.6. The summed E-state index contributed by atoms with van der Waals surface area (Å²) in [6.07, 6.45) is 19.3. The van der Waals surface area contributed by atoms with Gasteiger partial charge < -0.3 is 24.8 Å². The van der Waals surface area contributed by atoms with Gasteiger partial charge in [-0.1, -0.05) is 0 Å². The molecule has 8 heteroatoms. The molecule has 1 fully saturated rings. The first kappa shape index (κ1) is 27.6. The van der Waals surface area contributed by atoms with E-state index in [2.05, 4.69) is 152 Å². The maximum absolute atomic E-state index is 3.69. The second kappa shape index (κ2) is 9.12. The van der Waals surface area contributed by atoms with Gasteiger partial charge in [0.25, 0.3) is 0 Å². The smallest absolute Gasteiger partial charge is 1.00 e. The van der Waals surface area contributed by atoms with Gasteiger partial charge in [-0.15, -0.1) is 0 Å². The molecule has 2 aromatic carbocycles. The molecule has 1 aliphatic heterocycles. The summed E-state index contributed by atoms with van der Waals surface area (Å²) in [6.45, 7) is 0. The van der Waals surface area contributed by atoms with Crippen molar-refractivity contribution in [1.82, 2.24) is 9.13 Å². The van der Waals surface area contributed by atoms with Crippen LogP contribution in [0.2, 0.25) is 0 Å². The number of halogens is 4. The van der Waals surface area contributed by atoms with Crippen LogP contribution in [0.3, 0.4) is 0 Å². The van der Waals surface area contributed by atoms with Crippen LogP contribution >= 0.6 is 43.6 Å². The molecule has 2 atom stereocenters. The van der Waals surface area contributed by atoms with E-state index in [-0.39, 0.29) is 29.7 Å². The van der Waals surface area contributed by atoms with Gasteiger partial charge >= 0.3 is 253 Å². The zero-order chi connectivity index (χ0) is 25.6. The van der Waals surface area contributed by atoms with E-state index in [1.165, 1.54) is 53.4 Å². The van der Waals surface area contributed by atoms with E-state index in [1.54, 1.807) is 11.1 Å². The average molecular weight is 787 g/mol. The minimum Gasteiger partial charge on any atom is -1.00 e. The number of rotatable bonds is 0. The Morgan fingerprint density at radius 3 is 1.55 bits per heavy atom. The molecule has 0 N–H and O–H groups in total. The summed E-state index contributed by atoms with van der Waals surface area (Å²) in [5.74, 6) is 0. The molecule has 2 spiro atoms. The van der Waals surface area contributed by atoms with Gasteiger partial charge in [-0.3, -0.25) is 0 Å². The number of fused-ring (bicyclic) bond motifs is 10. The predicted molar refractivity (Wildman–Crippen MR) is 158 cm³/mol. The molecular formula is C32H20Br2Cl2N2SZr. The van der Waals surface area contributed by atoms with E-state index in [0.717, 1.165) is 8.95 Å². The SMILES string of the molecule is Cn1c2c(c3c1=c1ccc(Br)cc1=C3)[C]1(C=CC=2)S[C]2(C=CC=c3c2c2c(n3C)=c3ccc(Br)cc3=C2)[Zr+2]1.[Cl-].[Cl-]. The van der Waals surface area contributed by atoms with Gasteiger partial charge in [-0.25, -0.2) is 0 Å². The molecule has 196 valence electrons. The fourth-order valence-electron chi connectivity index (χ4n) is 7.23. The van der Waals surface area contributed by atoms with Crippen molar-refractivity contribution in [1.29, 1.82) is 0 Å². The van der Waals surface area contributed by atoms with E-state index >= 15 is 0 Å².